The maximum absolute atomic E-state index is 12.5. The van der Waals surface area contributed by atoms with Crippen LogP contribution in [-0.2, 0) is 9.53 Å². The van der Waals surface area contributed by atoms with E-state index in [4.69, 9.17) is 4.74 Å². The molecule has 2 heterocycles. The lowest BCUT2D eigenvalue weighted by molar-refractivity contribution is -0.130. The molecule has 1 atom stereocenters. The number of nitrogens with zero attached hydrogens (tertiary/aromatic N) is 1. The quantitative estimate of drug-likeness (QED) is 0.797. The van der Waals surface area contributed by atoms with E-state index in [1.165, 1.54) is 17.2 Å². The topological polar surface area (TPSA) is 91.5 Å². The van der Waals surface area contributed by atoms with Gasteiger partial charge in [-0.1, -0.05) is 0 Å². The number of carbonyl (C=O) groups is 2. The Kier molecular flexibility index (Phi) is 4.74. The Morgan fingerprint density at radius 3 is 2.95 bits per heavy atom. The molecule has 1 unspecified atom stereocenters. The highest BCUT2D eigenvalue weighted by molar-refractivity contribution is 5.97. The normalized spacial score (nSPS) is 18.4. The van der Waals surface area contributed by atoms with Crippen LogP contribution < -0.4 is 10.7 Å². The predicted molar refractivity (Wildman–Crippen MR) is 76.1 cm³/mol. The standard InChI is InChI=1S/C14H19N3O4/c1-3-15-13(19)11-8-21-5-4-17(11)14(20)10-7-16-9(2)6-12(10)18/h6-7,11H,3-5,8H2,1-2H3,(H,15,19)(H,16,18). The average Bonchev–Trinajstić information content (AvgIpc) is 2.47. The molecule has 1 aliphatic rings. The number of aromatic amines is 1. The summed E-state index contributed by atoms with van der Waals surface area (Å²) in [5, 5.41) is 2.68. The van der Waals surface area contributed by atoms with E-state index in [1.54, 1.807) is 13.8 Å². The number of hydrogen-bond acceptors (Lipinski definition) is 4. The van der Waals surface area contributed by atoms with Gasteiger partial charge in [-0.05, 0) is 13.8 Å². The van der Waals surface area contributed by atoms with E-state index >= 15 is 0 Å². The van der Waals surface area contributed by atoms with Crippen LogP contribution in [0.15, 0.2) is 17.1 Å². The fourth-order valence-corrected chi connectivity index (χ4v) is 2.25. The van der Waals surface area contributed by atoms with Gasteiger partial charge in [0.15, 0.2) is 5.43 Å². The SMILES string of the molecule is CCNC(=O)C1COCCN1C(=O)c1c[nH]c(C)cc1=O. The van der Waals surface area contributed by atoms with E-state index in [2.05, 4.69) is 10.3 Å². The lowest BCUT2D eigenvalue weighted by atomic mass is 10.1. The van der Waals surface area contributed by atoms with Crippen molar-refractivity contribution in [1.82, 2.24) is 15.2 Å². The van der Waals surface area contributed by atoms with E-state index < -0.39 is 11.9 Å². The summed E-state index contributed by atoms with van der Waals surface area (Å²) in [6.45, 7) is 4.80. The zero-order valence-electron chi connectivity index (χ0n) is 12.1. The maximum atomic E-state index is 12.5. The van der Waals surface area contributed by atoms with Crippen LogP contribution in [0.5, 0.6) is 0 Å². The molecule has 7 heteroatoms. The lowest BCUT2D eigenvalue weighted by Crippen LogP contribution is -2.56. The first-order valence-electron chi connectivity index (χ1n) is 6.90. The molecule has 1 aromatic rings. The second-order valence-corrected chi connectivity index (χ2v) is 4.88. The number of pyridine rings is 1. The molecule has 0 saturated carbocycles. The van der Waals surface area contributed by atoms with E-state index in [1.807, 2.05) is 0 Å². The van der Waals surface area contributed by atoms with Crippen molar-refractivity contribution in [3.8, 4) is 0 Å². The second-order valence-electron chi connectivity index (χ2n) is 4.88. The lowest BCUT2D eigenvalue weighted by Gasteiger charge is -2.34. The van der Waals surface area contributed by atoms with Gasteiger partial charge >= 0.3 is 0 Å². The van der Waals surface area contributed by atoms with Crippen LogP contribution in [-0.4, -0.2) is 54.0 Å². The van der Waals surface area contributed by atoms with Gasteiger partial charge in [0.2, 0.25) is 5.91 Å². The molecule has 7 nitrogen and oxygen atoms in total. The van der Waals surface area contributed by atoms with Crippen molar-refractivity contribution >= 4 is 11.8 Å². The minimum atomic E-state index is -0.702. The van der Waals surface area contributed by atoms with Crippen LogP contribution in [0.1, 0.15) is 23.0 Å². The monoisotopic (exact) mass is 293 g/mol. The second kappa shape index (κ2) is 6.53. The first-order valence-corrected chi connectivity index (χ1v) is 6.90. The van der Waals surface area contributed by atoms with E-state index in [0.29, 0.717) is 18.8 Å². The van der Waals surface area contributed by atoms with Crippen LogP contribution in [0, 0.1) is 6.92 Å². The molecule has 1 saturated heterocycles. The third kappa shape index (κ3) is 3.30. The Balaban J connectivity index is 2.26. The van der Waals surface area contributed by atoms with Crippen molar-refractivity contribution in [3.63, 3.8) is 0 Å². The fraction of sp³-hybridized carbons (Fsp3) is 0.500. The molecule has 2 N–H and O–H groups in total. The number of carbonyl (C=O) groups excluding carboxylic acids is 2. The Labute approximate surface area is 122 Å². The summed E-state index contributed by atoms with van der Waals surface area (Å²) < 4.78 is 5.27. The average molecular weight is 293 g/mol. The van der Waals surface area contributed by atoms with Gasteiger partial charge < -0.3 is 19.9 Å². The number of aryl methyl sites for hydroxylation is 1. The highest BCUT2D eigenvalue weighted by atomic mass is 16.5. The molecule has 0 spiro atoms. The van der Waals surface area contributed by atoms with Crippen LogP contribution in [0.4, 0.5) is 0 Å². The van der Waals surface area contributed by atoms with Gasteiger partial charge in [0.25, 0.3) is 5.91 Å². The molecule has 2 rings (SSSR count). The number of ether oxygens (including phenoxy) is 1. The Morgan fingerprint density at radius 2 is 2.29 bits per heavy atom. The zero-order chi connectivity index (χ0) is 15.4. The molecule has 1 aliphatic heterocycles. The summed E-state index contributed by atoms with van der Waals surface area (Å²) in [6.07, 6.45) is 1.39. The van der Waals surface area contributed by atoms with Crippen LogP contribution in [0.2, 0.25) is 0 Å². The number of aromatic nitrogens is 1. The van der Waals surface area contributed by atoms with Crippen molar-refractivity contribution in [2.75, 3.05) is 26.3 Å². The smallest absolute Gasteiger partial charge is 0.260 e. The van der Waals surface area contributed by atoms with E-state index in [-0.39, 0.29) is 30.1 Å². The summed E-state index contributed by atoms with van der Waals surface area (Å²) in [5.41, 5.74) is 0.369. The fourth-order valence-electron chi connectivity index (χ4n) is 2.25. The Morgan fingerprint density at radius 1 is 1.52 bits per heavy atom. The molecule has 0 aromatic carbocycles. The van der Waals surface area contributed by atoms with Crippen molar-refractivity contribution in [2.45, 2.75) is 19.9 Å². The summed E-state index contributed by atoms with van der Waals surface area (Å²) in [4.78, 5) is 40.7. The van der Waals surface area contributed by atoms with Crippen molar-refractivity contribution in [1.29, 1.82) is 0 Å². The van der Waals surface area contributed by atoms with Gasteiger partial charge in [-0.2, -0.15) is 0 Å². The maximum Gasteiger partial charge on any atom is 0.260 e. The molecular weight excluding hydrogens is 274 g/mol. The first-order chi connectivity index (χ1) is 10.0. The molecule has 1 aromatic heterocycles. The van der Waals surface area contributed by atoms with E-state index in [9.17, 15) is 14.4 Å². The van der Waals surface area contributed by atoms with Gasteiger partial charge in [-0.3, -0.25) is 14.4 Å². The minimum absolute atomic E-state index is 0.0387. The molecule has 0 bridgehead atoms. The number of hydrogen-bond donors (Lipinski definition) is 2. The Bertz CT molecular complexity index is 596. The largest absolute Gasteiger partial charge is 0.377 e. The summed E-state index contributed by atoms with van der Waals surface area (Å²) in [7, 11) is 0. The Hall–Kier alpha value is -2.15. The molecule has 21 heavy (non-hydrogen) atoms. The number of amides is 2. The predicted octanol–water partition coefficient (Wildman–Crippen LogP) is -0.340. The summed E-state index contributed by atoms with van der Waals surface area (Å²) in [5.74, 6) is -0.718. The third-order valence-electron chi connectivity index (χ3n) is 3.33. The van der Waals surface area contributed by atoms with Crippen LogP contribution in [0.25, 0.3) is 0 Å². The zero-order valence-corrected chi connectivity index (χ0v) is 12.1. The number of likely N-dealkylation sites (N-methyl/N-ethyl adjacent to an activating group) is 1. The summed E-state index contributed by atoms with van der Waals surface area (Å²) in [6, 6.07) is 0.668. The molecule has 2 amide bonds. The molecule has 0 radical (unpaired) electrons. The van der Waals surface area contributed by atoms with Crippen molar-refractivity contribution in [2.24, 2.45) is 0 Å². The number of nitrogens with one attached hydrogen (secondary N) is 2. The first kappa shape index (κ1) is 15.2. The third-order valence-corrected chi connectivity index (χ3v) is 3.33. The van der Waals surface area contributed by atoms with Crippen molar-refractivity contribution in [3.05, 3.63) is 33.7 Å². The van der Waals surface area contributed by atoms with Crippen LogP contribution >= 0.6 is 0 Å². The van der Waals surface area contributed by atoms with Gasteiger partial charge in [0.1, 0.15) is 11.6 Å². The summed E-state index contributed by atoms with van der Waals surface area (Å²) >= 11 is 0. The molecule has 114 valence electrons. The highest BCUT2D eigenvalue weighted by Crippen LogP contribution is 2.11. The van der Waals surface area contributed by atoms with Crippen LogP contribution in [0.3, 0.4) is 0 Å². The highest BCUT2D eigenvalue weighted by Gasteiger charge is 2.33. The number of morpholine rings is 1. The van der Waals surface area contributed by atoms with Gasteiger partial charge in [0, 0.05) is 31.0 Å². The molecular formula is C14H19N3O4. The number of rotatable bonds is 3. The molecule has 1 fully saturated rings. The number of H-pyrrole nitrogens is 1. The van der Waals surface area contributed by atoms with E-state index in [0.717, 1.165) is 0 Å². The minimum Gasteiger partial charge on any atom is -0.377 e. The van der Waals surface area contributed by atoms with Gasteiger partial charge in [-0.15, -0.1) is 0 Å². The molecule has 0 aliphatic carbocycles. The van der Waals surface area contributed by atoms with Gasteiger partial charge in [-0.25, -0.2) is 0 Å². The van der Waals surface area contributed by atoms with Gasteiger partial charge in [0.05, 0.1) is 13.2 Å². The van der Waals surface area contributed by atoms with Crippen molar-refractivity contribution < 1.29 is 14.3 Å².